The van der Waals surface area contributed by atoms with Crippen molar-refractivity contribution in [1.82, 2.24) is 4.90 Å². The fourth-order valence-electron chi connectivity index (χ4n) is 3.41. The number of ether oxygens (including phenoxy) is 1. The van der Waals surface area contributed by atoms with Crippen molar-refractivity contribution in [3.05, 3.63) is 58.6 Å². The van der Waals surface area contributed by atoms with Crippen molar-refractivity contribution < 1.29 is 9.53 Å². The fourth-order valence-corrected chi connectivity index (χ4v) is 3.57. The van der Waals surface area contributed by atoms with E-state index in [9.17, 15) is 4.79 Å². The minimum Gasteiger partial charge on any atom is -0.495 e. The van der Waals surface area contributed by atoms with Gasteiger partial charge in [-0.1, -0.05) is 41.9 Å². The summed E-state index contributed by atoms with van der Waals surface area (Å²) in [7, 11) is 1.58. The van der Waals surface area contributed by atoms with Crippen molar-refractivity contribution >= 4 is 23.3 Å². The van der Waals surface area contributed by atoms with Crippen molar-refractivity contribution in [2.24, 2.45) is 5.92 Å². The number of likely N-dealkylation sites (tertiary alicyclic amines) is 1. The average molecular weight is 373 g/mol. The largest absolute Gasteiger partial charge is 0.495 e. The van der Waals surface area contributed by atoms with Crippen LogP contribution in [0, 0.1) is 12.8 Å². The molecule has 2 amide bonds. The number of hydrogen-bond donors (Lipinski definition) is 1. The molecule has 1 N–H and O–H groups in total. The Labute approximate surface area is 160 Å². The first-order chi connectivity index (χ1) is 12.6. The van der Waals surface area contributed by atoms with Gasteiger partial charge in [0.25, 0.3) is 0 Å². The number of carbonyl (C=O) groups is 1. The van der Waals surface area contributed by atoms with E-state index in [2.05, 4.69) is 29.6 Å². The van der Waals surface area contributed by atoms with Gasteiger partial charge >= 0.3 is 6.03 Å². The summed E-state index contributed by atoms with van der Waals surface area (Å²) in [5.74, 6) is 1.21. The standard InChI is InChI=1S/C21H25ClN2O2/c1-15-12-19(20(26-2)14-18(15)22)23-21(25)24-10-8-17(9-11-24)13-16-6-4-3-5-7-16/h3-7,12,14,17H,8-11,13H2,1-2H3,(H,23,25). The smallest absolute Gasteiger partial charge is 0.321 e. The van der Waals surface area contributed by atoms with Crippen LogP contribution in [0.2, 0.25) is 5.02 Å². The van der Waals surface area contributed by atoms with E-state index in [0.29, 0.717) is 22.4 Å². The molecule has 1 aliphatic rings. The van der Waals surface area contributed by atoms with Gasteiger partial charge in [0.05, 0.1) is 12.8 Å². The first-order valence-electron chi connectivity index (χ1n) is 9.01. The summed E-state index contributed by atoms with van der Waals surface area (Å²) in [4.78, 5) is 14.5. The van der Waals surface area contributed by atoms with Gasteiger partial charge in [0.1, 0.15) is 5.75 Å². The zero-order valence-corrected chi connectivity index (χ0v) is 16.1. The van der Waals surface area contributed by atoms with Crippen LogP contribution in [0.1, 0.15) is 24.0 Å². The van der Waals surface area contributed by atoms with Gasteiger partial charge in [-0.3, -0.25) is 0 Å². The van der Waals surface area contributed by atoms with E-state index < -0.39 is 0 Å². The molecular weight excluding hydrogens is 348 g/mol. The van der Waals surface area contributed by atoms with Crippen molar-refractivity contribution in [3.8, 4) is 5.75 Å². The predicted octanol–water partition coefficient (Wildman–Crippen LogP) is 5.14. The van der Waals surface area contributed by atoms with Gasteiger partial charge in [0, 0.05) is 24.2 Å². The third-order valence-electron chi connectivity index (χ3n) is 4.99. The van der Waals surface area contributed by atoms with Gasteiger partial charge in [-0.25, -0.2) is 4.79 Å². The summed E-state index contributed by atoms with van der Waals surface area (Å²) in [5, 5.41) is 3.59. The normalized spacial score (nSPS) is 15.0. The molecular formula is C21H25ClN2O2. The molecule has 4 nitrogen and oxygen atoms in total. The molecule has 2 aromatic rings. The lowest BCUT2D eigenvalue weighted by Gasteiger charge is -2.32. The van der Waals surface area contributed by atoms with Gasteiger partial charge in [0.15, 0.2) is 0 Å². The first-order valence-corrected chi connectivity index (χ1v) is 9.38. The Morgan fingerprint density at radius 1 is 1.23 bits per heavy atom. The molecule has 0 aromatic heterocycles. The maximum Gasteiger partial charge on any atom is 0.321 e. The summed E-state index contributed by atoms with van der Waals surface area (Å²) in [6.07, 6.45) is 3.14. The lowest BCUT2D eigenvalue weighted by Crippen LogP contribution is -2.41. The number of piperidine rings is 1. The maximum atomic E-state index is 12.6. The number of urea groups is 1. The highest BCUT2D eigenvalue weighted by Gasteiger charge is 2.23. The number of hydrogen-bond acceptors (Lipinski definition) is 2. The quantitative estimate of drug-likeness (QED) is 0.806. The molecule has 0 saturated carbocycles. The van der Waals surface area contributed by atoms with Crippen molar-refractivity contribution in [3.63, 3.8) is 0 Å². The molecule has 1 saturated heterocycles. The second-order valence-corrected chi connectivity index (χ2v) is 7.26. The molecule has 0 spiro atoms. The van der Waals surface area contributed by atoms with Crippen LogP contribution in [0.5, 0.6) is 5.75 Å². The van der Waals surface area contributed by atoms with Gasteiger partial charge < -0.3 is 15.0 Å². The average Bonchev–Trinajstić information content (AvgIpc) is 2.66. The van der Waals surface area contributed by atoms with E-state index in [1.807, 2.05) is 24.0 Å². The summed E-state index contributed by atoms with van der Waals surface area (Å²) in [6, 6.07) is 14.1. The summed E-state index contributed by atoms with van der Waals surface area (Å²) in [6.45, 7) is 3.46. The molecule has 1 aliphatic heterocycles. The van der Waals surface area contributed by atoms with Gasteiger partial charge in [-0.15, -0.1) is 0 Å². The molecule has 0 atom stereocenters. The van der Waals surface area contributed by atoms with Gasteiger partial charge in [0.2, 0.25) is 0 Å². The molecule has 5 heteroatoms. The Hall–Kier alpha value is -2.20. The second kappa shape index (κ2) is 8.45. The molecule has 1 heterocycles. The number of methoxy groups -OCH3 is 1. The summed E-state index contributed by atoms with van der Waals surface area (Å²) in [5.41, 5.74) is 2.94. The predicted molar refractivity (Wildman–Crippen MR) is 106 cm³/mol. The number of nitrogens with zero attached hydrogens (tertiary/aromatic N) is 1. The highest BCUT2D eigenvalue weighted by molar-refractivity contribution is 6.31. The number of anilines is 1. The molecule has 0 aliphatic carbocycles. The van der Waals surface area contributed by atoms with Crippen LogP contribution in [-0.4, -0.2) is 31.1 Å². The van der Waals surface area contributed by atoms with Crippen LogP contribution in [0.4, 0.5) is 10.5 Å². The Kier molecular flexibility index (Phi) is 6.04. The van der Waals surface area contributed by atoms with Crippen LogP contribution >= 0.6 is 11.6 Å². The minimum absolute atomic E-state index is 0.0804. The van der Waals surface area contributed by atoms with E-state index in [0.717, 1.165) is 37.9 Å². The van der Waals surface area contributed by atoms with E-state index in [1.165, 1.54) is 5.56 Å². The number of carbonyl (C=O) groups excluding carboxylic acids is 1. The molecule has 2 aromatic carbocycles. The third kappa shape index (κ3) is 4.50. The van der Waals surface area contributed by atoms with Crippen LogP contribution < -0.4 is 10.1 Å². The van der Waals surface area contributed by atoms with E-state index in [1.54, 1.807) is 13.2 Å². The molecule has 0 unspecified atom stereocenters. The van der Waals surface area contributed by atoms with Crippen LogP contribution in [0.15, 0.2) is 42.5 Å². The zero-order chi connectivity index (χ0) is 18.5. The van der Waals surface area contributed by atoms with Gasteiger partial charge in [-0.2, -0.15) is 0 Å². The van der Waals surface area contributed by atoms with Gasteiger partial charge in [-0.05, 0) is 49.3 Å². The molecule has 0 radical (unpaired) electrons. The zero-order valence-electron chi connectivity index (χ0n) is 15.3. The van der Waals surface area contributed by atoms with E-state index >= 15 is 0 Å². The van der Waals surface area contributed by atoms with Crippen molar-refractivity contribution in [2.45, 2.75) is 26.2 Å². The Morgan fingerprint density at radius 2 is 1.92 bits per heavy atom. The molecule has 26 heavy (non-hydrogen) atoms. The highest BCUT2D eigenvalue weighted by Crippen LogP contribution is 2.31. The number of halogens is 1. The van der Waals surface area contributed by atoms with Crippen LogP contribution in [0.3, 0.4) is 0 Å². The number of aryl methyl sites for hydroxylation is 1. The molecule has 1 fully saturated rings. The third-order valence-corrected chi connectivity index (χ3v) is 5.40. The number of nitrogens with one attached hydrogen (secondary N) is 1. The summed E-state index contributed by atoms with van der Waals surface area (Å²) >= 11 is 6.13. The van der Waals surface area contributed by atoms with E-state index in [4.69, 9.17) is 16.3 Å². The highest BCUT2D eigenvalue weighted by atomic mass is 35.5. The molecule has 3 rings (SSSR count). The maximum absolute atomic E-state index is 12.6. The number of amides is 2. The Morgan fingerprint density at radius 3 is 2.58 bits per heavy atom. The lowest BCUT2D eigenvalue weighted by atomic mass is 9.90. The van der Waals surface area contributed by atoms with Crippen molar-refractivity contribution in [2.75, 3.05) is 25.5 Å². The minimum atomic E-state index is -0.0804. The molecule has 138 valence electrons. The topological polar surface area (TPSA) is 41.6 Å². The first kappa shape index (κ1) is 18.6. The monoisotopic (exact) mass is 372 g/mol. The molecule has 0 bridgehead atoms. The second-order valence-electron chi connectivity index (χ2n) is 6.85. The number of rotatable bonds is 4. The SMILES string of the molecule is COc1cc(Cl)c(C)cc1NC(=O)N1CCC(Cc2ccccc2)CC1. The lowest BCUT2D eigenvalue weighted by molar-refractivity contribution is 0.182. The van der Waals surface area contributed by atoms with Crippen LogP contribution in [-0.2, 0) is 6.42 Å². The van der Waals surface area contributed by atoms with Crippen LogP contribution in [0.25, 0.3) is 0 Å². The summed E-state index contributed by atoms with van der Waals surface area (Å²) < 4.78 is 5.34. The fraction of sp³-hybridized carbons (Fsp3) is 0.381. The van der Waals surface area contributed by atoms with Crippen molar-refractivity contribution in [1.29, 1.82) is 0 Å². The number of benzene rings is 2. The van der Waals surface area contributed by atoms with E-state index in [-0.39, 0.29) is 6.03 Å². The Bertz CT molecular complexity index is 756. The Balaban J connectivity index is 1.56.